The van der Waals surface area contributed by atoms with Crippen molar-refractivity contribution in [1.82, 2.24) is 20.5 Å². The molecule has 42 heavy (non-hydrogen) atoms. The van der Waals surface area contributed by atoms with Gasteiger partial charge in [0.1, 0.15) is 0 Å². The molecule has 6 N–H and O–H groups in total. The van der Waals surface area contributed by atoms with Crippen molar-refractivity contribution in [3.8, 4) is 11.1 Å². The second-order valence-corrected chi connectivity index (χ2v) is 10.0. The molecule has 0 saturated carbocycles. The van der Waals surface area contributed by atoms with Gasteiger partial charge in [-0.15, -0.1) is 0 Å². The van der Waals surface area contributed by atoms with Crippen LogP contribution < -0.4 is 32.1 Å². The van der Waals surface area contributed by atoms with Crippen LogP contribution in [-0.4, -0.2) is 74.6 Å². The largest absolute Gasteiger partial charge is 0.417 e. The Balaban J connectivity index is 1.60. The summed E-state index contributed by atoms with van der Waals surface area (Å²) in [4.78, 5) is 42.5. The average molecular weight is 586 g/mol. The number of halogens is 3. The van der Waals surface area contributed by atoms with E-state index >= 15 is 0 Å². The van der Waals surface area contributed by atoms with E-state index in [1.807, 2.05) is 43.4 Å². The molecule has 0 aliphatic carbocycles. The molecule has 0 bridgehead atoms. The quantitative estimate of drug-likeness (QED) is 0.230. The highest BCUT2D eigenvalue weighted by Gasteiger charge is 2.36. The molecule has 0 unspecified atom stereocenters. The van der Waals surface area contributed by atoms with E-state index in [0.29, 0.717) is 50.2 Å². The summed E-state index contributed by atoms with van der Waals surface area (Å²) in [5.41, 5.74) is 6.01. The summed E-state index contributed by atoms with van der Waals surface area (Å²) in [5.74, 6) is -1.21. The number of piperazine rings is 1. The van der Waals surface area contributed by atoms with Gasteiger partial charge in [0.15, 0.2) is 0 Å². The topological polar surface area (TPSA) is 136 Å². The number of rotatable bonds is 10. The van der Waals surface area contributed by atoms with E-state index in [4.69, 9.17) is 5.73 Å². The first-order chi connectivity index (χ1) is 20.0. The number of H-pyrrole nitrogens is 1. The predicted octanol–water partition coefficient (Wildman–Crippen LogP) is 2.23. The van der Waals surface area contributed by atoms with Crippen LogP contribution in [0.2, 0.25) is 0 Å². The SMILES string of the molecule is CN1CCN(c2ccc(-c3cccc(CNCCNC(=O)CN)c3)cc2NC(=O)c2c[nH]c(=O)cc2C(F)(F)F)CC1. The number of aromatic amines is 1. The van der Waals surface area contributed by atoms with E-state index < -0.39 is 28.8 Å². The second-order valence-electron chi connectivity index (χ2n) is 10.0. The number of alkyl halides is 3. The van der Waals surface area contributed by atoms with Crippen LogP contribution in [0, 0.1) is 0 Å². The molecule has 224 valence electrons. The first kappa shape index (κ1) is 30.8. The summed E-state index contributed by atoms with van der Waals surface area (Å²) in [6.07, 6.45) is -4.09. The molecule has 2 amide bonds. The molecule has 4 rings (SSSR count). The first-order valence-electron chi connectivity index (χ1n) is 13.5. The number of nitrogens with two attached hydrogens (primary N) is 1. The second kappa shape index (κ2) is 13.6. The number of likely N-dealkylation sites (N-methyl/N-ethyl adjacent to an activating group) is 1. The van der Waals surface area contributed by atoms with Crippen LogP contribution in [0.3, 0.4) is 0 Å². The Kier molecular flexibility index (Phi) is 9.99. The molecule has 2 aromatic carbocycles. The number of anilines is 2. The molecule has 0 radical (unpaired) electrons. The number of aromatic nitrogens is 1. The molecule has 2 heterocycles. The Hall–Kier alpha value is -4.20. The summed E-state index contributed by atoms with van der Waals surface area (Å²) < 4.78 is 41.0. The number of carbonyl (C=O) groups excluding carboxylic acids is 2. The minimum Gasteiger partial charge on any atom is -0.367 e. The molecule has 1 fully saturated rings. The third-order valence-electron chi connectivity index (χ3n) is 6.96. The fourth-order valence-electron chi connectivity index (χ4n) is 4.68. The van der Waals surface area contributed by atoms with Crippen molar-refractivity contribution in [3.63, 3.8) is 0 Å². The lowest BCUT2D eigenvalue weighted by Gasteiger charge is -2.35. The minimum absolute atomic E-state index is 0.0631. The number of nitrogens with zero attached hydrogens (tertiary/aromatic N) is 2. The summed E-state index contributed by atoms with van der Waals surface area (Å²) in [6.45, 7) is 4.41. The van der Waals surface area contributed by atoms with Crippen LogP contribution in [0.15, 0.2) is 59.5 Å². The van der Waals surface area contributed by atoms with Gasteiger partial charge in [-0.25, -0.2) is 0 Å². The number of carbonyl (C=O) groups is 2. The Morgan fingerprint density at radius 1 is 1.00 bits per heavy atom. The third-order valence-corrected chi connectivity index (χ3v) is 6.96. The molecule has 13 heteroatoms. The summed E-state index contributed by atoms with van der Waals surface area (Å²) in [6, 6.07) is 13.6. The maximum atomic E-state index is 13.7. The van der Waals surface area contributed by atoms with E-state index in [0.717, 1.165) is 36.0 Å². The van der Waals surface area contributed by atoms with Gasteiger partial charge in [0, 0.05) is 58.1 Å². The monoisotopic (exact) mass is 585 g/mol. The van der Waals surface area contributed by atoms with Gasteiger partial charge in [0.2, 0.25) is 11.5 Å². The summed E-state index contributed by atoms with van der Waals surface area (Å²) >= 11 is 0. The van der Waals surface area contributed by atoms with Gasteiger partial charge in [0.05, 0.1) is 29.0 Å². The number of pyridine rings is 1. The van der Waals surface area contributed by atoms with Crippen LogP contribution in [0.5, 0.6) is 0 Å². The first-order valence-corrected chi connectivity index (χ1v) is 13.5. The predicted molar refractivity (Wildman–Crippen MR) is 155 cm³/mol. The van der Waals surface area contributed by atoms with Crippen molar-refractivity contribution in [2.24, 2.45) is 5.73 Å². The van der Waals surface area contributed by atoms with Gasteiger partial charge >= 0.3 is 6.18 Å². The summed E-state index contributed by atoms with van der Waals surface area (Å²) in [5, 5.41) is 8.63. The van der Waals surface area contributed by atoms with Gasteiger partial charge in [0.25, 0.3) is 5.91 Å². The lowest BCUT2D eigenvalue weighted by atomic mass is 10.0. The number of benzene rings is 2. The zero-order valence-corrected chi connectivity index (χ0v) is 23.2. The van der Waals surface area contributed by atoms with Crippen molar-refractivity contribution in [2.75, 3.05) is 63.1 Å². The fraction of sp³-hybridized carbons (Fsp3) is 0.345. The fourth-order valence-corrected chi connectivity index (χ4v) is 4.68. The van der Waals surface area contributed by atoms with Crippen molar-refractivity contribution >= 4 is 23.2 Å². The van der Waals surface area contributed by atoms with Crippen LogP contribution in [0.1, 0.15) is 21.5 Å². The van der Waals surface area contributed by atoms with Gasteiger partial charge in [-0.3, -0.25) is 14.4 Å². The van der Waals surface area contributed by atoms with E-state index in [-0.39, 0.29) is 12.5 Å². The molecule has 1 aliphatic rings. The van der Waals surface area contributed by atoms with Gasteiger partial charge < -0.3 is 36.5 Å². The molecule has 3 aromatic rings. The van der Waals surface area contributed by atoms with Gasteiger partial charge in [-0.1, -0.05) is 24.3 Å². The van der Waals surface area contributed by atoms with E-state index in [2.05, 4.69) is 30.7 Å². The highest BCUT2D eigenvalue weighted by molar-refractivity contribution is 6.07. The molecular weight excluding hydrogens is 551 g/mol. The normalized spacial score (nSPS) is 14.1. The highest BCUT2D eigenvalue weighted by Crippen LogP contribution is 2.35. The number of hydrogen-bond donors (Lipinski definition) is 5. The molecular formula is C29H34F3N7O3. The number of nitrogens with one attached hydrogen (secondary N) is 4. The Morgan fingerprint density at radius 2 is 1.74 bits per heavy atom. The maximum Gasteiger partial charge on any atom is 0.417 e. The zero-order chi connectivity index (χ0) is 30.3. The Labute approximate surface area is 241 Å². The Morgan fingerprint density at radius 3 is 2.45 bits per heavy atom. The highest BCUT2D eigenvalue weighted by atomic mass is 19.4. The molecule has 1 aliphatic heterocycles. The lowest BCUT2D eigenvalue weighted by molar-refractivity contribution is -0.138. The molecule has 10 nitrogen and oxygen atoms in total. The smallest absolute Gasteiger partial charge is 0.367 e. The van der Waals surface area contributed by atoms with Crippen LogP contribution in [0.4, 0.5) is 24.5 Å². The van der Waals surface area contributed by atoms with Gasteiger partial charge in [-0.2, -0.15) is 13.2 Å². The Bertz CT molecular complexity index is 1470. The van der Waals surface area contributed by atoms with E-state index in [1.165, 1.54) is 0 Å². The van der Waals surface area contributed by atoms with Crippen molar-refractivity contribution in [1.29, 1.82) is 0 Å². The lowest BCUT2D eigenvalue weighted by Crippen LogP contribution is -2.44. The van der Waals surface area contributed by atoms with Crippen molar-refractivity contribution < 1.29 is 22.8 Å². The standard InChI is InChI=1S/C29H34F3N7O3/c1-38-9-11-39(12-10-38)25-6-5-21(20-4-2-3-19(13-20)17-34-7-8-35-27(41)16-33)14-24(25)37-28(42)22-18-36-26(40)15-23(22)29(30,31)32/h2-6,13-15,18,34H,7-12,16-17,33H2,1H3,(H,35,41)(H,36,40)(H,37,42). The van der Waals surface area contributed by atoms with Crippen molar-refractivity contribution in [3.05, 3.63) is 81.8 Å². The zero-order valence-electron chi connectivity index (χ0n) is 23.2. The van der Waals surface area contributed by atoms with E-state index in [1.54, 1.807) is 6.07 Å². The van der Waals surface area contributed by atoms with Crippen LogP contribution >= 0.6 is 0 Å². The van der Waals surface area contributed by atoms with Crippen molar-refractivity contribution in [2.45, 2.75) is 12.7 Å². The number of hydrogen-bond acceptors (Lipinski definition) is 7. The molecule has 1 aromatic heterocycles. The van der Waals surface area contributed by atoms with Crippen LogP contribution in [0.25, 0.3) is 11.1 Å². The maximum absolute atomic E-state index is 13.7. The third kappa shape index (κ3) is 7.96. The molecule has 0 atom stereocenters. The van der Waals surface area contributed by atoms with Gasteiger partial charge in [-0.05, 0) is 41.9 Å². The number of amides is 2. The molecule has 0 spiro atoms. The average Bonchev–Trinajstić information content (AvgIpc) is 2.97. The van der Waals surface area contributed by atoms with E-state index in [9.17, 15) is 27.6 Å². The van der Waals surface area contributed by atoms with Crippen LogP contribution in [-0.2, 0) is 17.5 Å². The summed E-state index contributed by atoms with van der Waals surface area (Å²) in [7, 11) is 2.01. The minimum atomic E-state index is -4.88. The molecule has 1 saturated heterocycles.